The standard InChI is InChI=1S/C32H35N3O5/c1-6-14-40-25-13-10-22(17-26(25)39-7-2)30-27-28(24-16-19(3)15-20(4)31(24)36)33-34-29(27)32(37)35(30)18-21-8-11-23(38-5)12-9-21/h8-13,15-17,30,36H,6-7,14,18H2,1-5H3,(H,33,34). The Morgan fingerprint density at radius 3 is 2.48 bits per heavy atom. The van der Waals surface area contributed by atoms with E-state index in [1.807, 2.05) is 80.3 Å². The molecule has 0 saturated heterocycles. The molecule has 8 nitrogen and oxygen atoms in total. The van der Waals surface area contributed by atoms with Gasteiger partial charge >= 0.3 is 0 Å². The highest BCUT2D eigenvalue weighted by Crippen LogP contribution is 2.47. The van der Waals surface area contributed by atoms with Gasteiger partial charge in [-0.05, 0) is 79.8 Å². The summed E-state index contributed by atoms with van der Waals surface area (Å²) in [5.74, 6) is 2.02. The molecule has 2 heterocycles. The average molecular weight is 542 g/mol. The van der Waals surface area contributed by atoms with Crippen molar-refractivity contribution in [2.24, 2.45) is 0 Å². The fraction of sp³-hybridized carbons (Fsp3) is 0.312. The zero-order chi connectivity index (χ0) is 28.4. The lowest BCUT2D eigenvalue weighted by Crippen LogP contribution is -2.29. The zero-order valence-corrected chi connectivity index (χ0v) is 23.6. The van der Waals surface area contributed by atoms with Gasteiger partial charge in [0.1, 0.15) is 22.9 Å². The normalized spacial score (nSPS) is 14.4. The lowest BCUT2D eigenvalue weighted by Gasteiger charge is -2.27. The molecule has 1 amide bonds. The molecule has 0 saturated carbocycles. The summed E-state index contributed by atoms with van der Waals surface area (Å²) in [6.45, 7) is 9.25. The Kier molecular flexibility index (Phi) is 7.69. The first-order valence-corrected chi connectivity index (χ1v) is 13.6. The predicted molar refractivity (Wildman–Crippen MR) is 153 cm³/mol. The number of carbonyl (C=O) groups is 1. The molecule has 1 aliphatic heterocycles. The monoisotopic (exact) mass is 541 g/mol. The molecular weight excluding hydrogens is 506 g/mol. The molecule has 0 bridgehead atoms. The largest absolute Gasteiger partial charge is 0.507 e. The van der Waals surface area contributed by atoms with E-state index in [1.54, 1.807) is 7.11 Å². The second-order valence-corrected chi connectivity index (χ2v) is 10.0. The van der Waals surface area contributed by atoms with Crippen LogP contribution in [0.1, 0.15) is 64.6 Å². The Morgan fingerprint density at radius 2 is 1.77 bits per heavy atom. The molecular formula is C32H35N3O5. The third kappa shape index (κ3) is 4.97. The molecule has 1 unspecified atom stereocenters. The van der Waals surface area contributed by atoms with Crippen LogP contribution in [0.3, 0.4) is 0 Å². The molecule has 4 aromatic rings. The van der Waals surface area contributed by atoms with E-state index in [-0.39, 0.29) is 11.7 Å². The summed E-state index contributed by atoms with van der Waals surface area (Å²) in [5, 5.41) is 18.6. The summed E-state index contributed by atoms with van der Waals surface area (Å²) in [7, 11) is 1.63. The molecule has 1 aromatic heterocycles. The van der Waals surface area contributed by atoms with Gasteiger partial charge in [-0.25, -0.2) is 0 Å². The lowest BCUT2D eigenvalue weighted by molar-refractivity contribution is 0.0729. The highest BCUT2D eigenvalue weighted by molar-refractivity contribution is 6.00. The third-order valence-electron chi connectivity index (χ3n) is 7.12. The van der Waals surface area contributed by atoms with Gasteiger partial charge in [0.15, 0.2) is 11.5 Å². The summed E-state index contributed by atoms with van der Waals surface area (Å²) < 4.78 is 17.2. The molecule has 0 radical (unpaired) electrons. The second-order valence-electron chi connectivity index (χ2n) is 10.0. The number of methoxy groups -OCH3 is 1. The van der Waals surface area contributed by atoms with Crippen molar-refractivity contribution in [2.45, 2.75) is 46.7 Å². The van der Waals surface area contributed by atoms with Crippen molar-refractivity contribution in [1.82, 2.24) is 15.1 Å². The summed E-state index contributed by atoms with van der Waals surface area (Å²) >= 11 is 0. The van der Waals surface area contributed by atoms with E-state index in [9.17, 15) is 9.90 Å². The molecule has 5 rings (SSSR count). The molecule has 0 aliphatic carbocycles. The number of fused-ring (bicyclic) bond motifs is 1. The van der Waals surface area contributed by atoms with Crippen molar-refractivity contribution in [3.05, 3.63) is 88.1 Å². The van der Waals surface area contributed by atoms with Crippen LogP contribution in [-0.2, 0) is 6.54 Å². The number of hydrogen-bond donors (Lipinski definition) is 2. The zero-order valence-electron chi connectivity index (χ0n) is 23.6. The number of aromatic nitrogens is 2. The Hall–Kier alpha value is -4.46. The molecule has 0 spiro atoms. The van der Waals surface area contributed by atoms with Crippen LogP contribution in [0.2, 0.25) is 0 Å². The quantitative estimate of drug-likeness (QED) is 0.243. The van der Waals surface area contributed by atoms with E-state index in [2.05, 4.69) is 17.1 Å². The molecule has 3 aromatic carbocycles. The maximum atomic E-state index is 13.9. The van der Waals surface area contributed by atoms with Crippen molar-refractivity contribution in [3.8, 4) is 34.3 Å². The fourth-order valence-electron chi connectivity index (χ4n) is 5.27. The van der Waals surface area contributed by atoms with Crippen LogP contribution in [-0.4, -0.2) is 46.4 Å². The lowest BCUT2D eigenvalue weighted by atomic mass is 9.93. The van der Waals surface area contributed by atoms with Gasteiger partial charge in [-0.1, -0.05) is 31.2 Å². The van der Waals surface area contributed by atoms with E-state index >= 15 is 0 Å². The topological polar surface area (TPSA) is 96.9 Å². The number of H-pyrrole nitrogens is 1. The van der Waals surface area contributed by atoms with Gasteiger partial charge in [0.25, 0.3) is 5.91 Å². The van der Waals surface area contributed by atoms with Gasteiger partial charge in [0, 0.05) is 17.7 Å². The van der Waals surface area contributed by atoms with Crippen LogP contribution >= 0.6 is 0 Å². The fourth-order valence-corrected chi connectivity index (χ4v) is 5.27. The van der Waals surface area contributed by atoms with Crippen molar-refractivity contribution < 1.29 is 24.1 Å². The van der Waals surface area contributed by atoms with E-state index in [4.69, 9.17) is 14.2 Å². The number of hydrogen-bond acceptors (Lipinski definition) is 6. The highest BCUT2D eigenvalue weighted by Gasteiger charge is 2.43. The van der Waals surface area contributed by atoms with Crippen molar-refractivity contribution in [3.63, 3.8) is 0 Å². The molecule has 2 N–H and O–H groups in total. The number of benzene rings is 3. The minimum atomic E-state index is -0.474. The Morgan fingerprint density at radius 1 is 1.00 bits per heavy atom. The summed E-state index contributed by atoms with van der Waals surface area (Å²) in [6, 6.07) is 16.9. The third-order valence-corrected chi connectivity index (χ3v) is 7.12. The van der Waals surface area contributed by atoms with E-state index in [0.717, 1.165) is 40.0 Å². The van der Waals surface area contributed by atoms with Crippen molar-refractivity contribution >= 4 is 5.91 Å². The Balaban J connectivity index is 1.66. The van der Waals surface area contributed by atoms with E-state index in [1.165, 1.54) is 0 Å². The number of rotatable bonds is 10. The number of phenols is 1. The van der Waals surface area contributed by atoms with Crippen LogP contribution < -0.4 is 14.2 Å². The Labute approximate surface area is 234 Å². The molecule has 208 valence electrons. The van der Waals surface area contributed by atoms with Gasteiger partial charge in [-0.3, -0.25) is 9.89 Å². The number of amides is 1. The summed E-state index contributed by atoms with van der Waals surface area (Å²) in [4.78, 5) is 15.7. The number of aromatic hydroxyl groups is 1. The highest BCUT2D eigenvalue weighted by atomic mass is 16.5. The SMILES string of the molecule is CCCOc1ccc(C2c3c(-c4cc(C)cc(C)c4O)n[nH]c3C(=O)N2Cc2ccc(OC)cc2)cc1OCC. The molecule has 1 aliphatic rings. The molecule has 0 fully saturated rings. The smallest absolute Gasteiger partial charge is 0.273 e. The summed E-state index contributed by atoms with van der Waals surface area (Å²) in [5.41, 5.74) is 5.85. The number of aromatic amines is 1. The summed E-state index contributed by atoms with van der Waals surface area (Å²) in [6.07, 6.45) is 0.876. The Bertz CT molecular complexity index is 1530. The maximum absolute atomic E-state index is 13.9. The van der Waals surface area contributed by atoms with Crippen LogP contribution in [0.4, 0.5) is 0 Å². The first-order valence-electron chi connectivity index (χ1n) is 13.6. The number of nitrogens with one attached hydrogen (secondary N) is 1. The molecule has 1 atom stereocenters. The van der Waals surface area contributed by atoms with Crippen molar-refractivity contribution in [2.75, 3.05) is 20.3 Å². The molecule has 8 heteroatoms. The van der Waals surface area contributed by atoms with Crippen molar-refractivity contribution in [1.29, 1.82) is 0 Å². The molecule has 40 heavy (non-hydrogen) atoms. The second kappa shape index (κ2) is 11.3. The number of phenolic OH excluding ortho intramolecular Hbond substituents is 1. The van der Waals surface area contributed by atoms with E-state index < -0.39 is 6.04 Å². The van der Waals surface area contributed by atoms with Gasteiger partial charge in [0.2, 0.25) is 0 Å². The van der Waals surface area contributed by atoms with Crippen LogP contribution in [0.5, 0.6) is 23.0 Å². The van der Waals surface area contributed by atoms with Gasteiger partial charge < -0.3 is 24.2 Å². The predicted octanol–water partition coefficient (Wildman–Crippen LogP) is 6.34. The first-order chi connectivity index (χ1) is 19.4. The van der Waals surface area contributed by atoms with Gasteiger partial charge in [-0.15, -0.1) is 0 Å². The van der Waals surface area contributed by atoms with Crippen LogP contribution in [0, 0.1) is 13.8 Å². The number of carbonyl (C=O) groups excluding carboxylic acids is 1. The van der Waals surface area contributed by atoms with Gasteiger partial charge in [0.05, 0.1) is 26.4 Å². The minimum absolute atomic E-state index is 0.151. The number of ether oxygens (including phenoxy) is 3. The van der Waals surface area contributed by atoms with Crippen LogP contribution in [0.15, 0.2) is 54.6 Å². The first kappa shape index (κ1) is 27.1. The number of aryl methyl sites for hydroxylation is 2. The van der Waals surface area contributed by atoms with E-state index in [0.29, 0.717) is 48.2 Å². The average Bonchev–Trinajstić information content (AvgIpc) is 3.49. The van der Waals surface area contributed by atoms with Gasteiger partial charge in [-0.2, -0.15) is 5.10 Å². The maximum Gasteiger partial charge on any atom is 0.273 e. The van der Waals surface area contributed by atoms with Crippen LogP contribution in [0.25, 0.3) is 11.3 Å². The minimum Gasteiger partial charge on any atom is -0.507 e. The number of nitrogens with zero attached hydrogens (tertiary/aromatic N) is 2.